The van der Waals surface area contributed by atoms with Crippen LogP contribution in [0.4, 0.5) is 11.4 Å². The molecule has 0 bridgehead atoms. The predicted molar refractivity (Wildman–Crippen MR) is 215 cm³/mol. The van der Waals surface area contributed by atoms with Gasteiger partial charge in [0.05, 0.1) is 22.5 Å². The number of ether oxygens (including phenoxy) is 6. The number of hydrogen-bond donors (Lipinski definition) is 3. The lowest BCUT2D eigenvalue weighted by atomic mass is 9.99. The van der Waals surface area contributed by atoms with Crippen LogP contribution in [0.2, 0.25) is 0 Å². The van der Waals surface area contributed by atoms with E-state index in [0.717, 1.165) is 45.5 Å². The molecule has 1 saturated heterocycles. The van der Waals surface area contributed by atoms with Gasteiger partial charge in [0.2, 0.25) is 10.0 Å². The molecule has 4 aromatic rings. The number of nitrogens with one attached hydrogen (secondary N) is 2. The molecule has 1 aliphatic rings. The van der Waals surface area contributed by atoms with Gasteiger partial charge in [-0.05, 0) is 36.8 Å². The summed E-state index contributed by atoms with van der Waals surface area (Å²) in [6, 6.07) is 18.0. The molecule has 0 saturated carbocycles. The first-order valence-electron chi connectivity index (χ1n) is 18.4. The molecule has 19 heteroatoms. The lowest BCUT2D eigenvalue weighted by Crippen LogP contribution is -2.61. The van der Waals surface area contributed by atoms with E-state index in [1.54, 1.807) is 66.9 Å². The zero-order valence-corrected chi connectivity index (χ0v) is 34.4. The highest BCUT2D eigenvalue weighted by Crippen LogP contribution is 2.48. The second kappa shape index (κ2) is 19.8. The first-order chi connectivity index (χ1) is 28.1. The number of amides is 1. The van der Waals surface area contributed by atoms with Gasteiger partial charge in [-0.3, -0.25) is 29.0 Å². The van der Waals surface area contributed by atoms with Crippen LogP contribution < -0.4 is 20.5 Å². The van der Waals surface area contributed by atoms with Crippen molar-refractivity contribution >= 4 is 73.8 Å². The fourth-order valence-electron chi connectivity index (χ4n) is 6.18. The van der Waals surface area contributed by atoms with E-state index < -0.39 is 81.2 Å². The van der Waals surface area contributed by atoms with Crippen LogP contribution in [0.1, 0.15) is 57.8 Å². The lowest BCUT2D eigenvalue weighted by Gasteiger charge is -2.44. The van der Waals surface area contributed by atoms with Gasteiger partial charge in [-0.25, -0.2) is 13.6 Å². The van der Waals surface area contributed by atoms with E-state index in [1.165, 1.54) is 0 Å². The Labute approximate surface area is 344 Å². The third-order valence-electron chi connectivity index (χ3n) is 8.61. The Morgan fingerprint density at radius 2 is 1.51 bits per heavy atom. The number of hydrogen-bond acceptors (Lipinski definition) is 16. The number of nitrogens with two attached hydrogens (primary N) is 1. The van der Waals surface area contributed by atoms with Gasteiger partial charge in [0.1, 0.15) is 28.8 Å². The average molecular weight is 853 g/mol. The molecule has 59 heavy (non-hydrogen) atoms. The third-order valence-corrected chi connectivity index (χ3v) is 10.8. The summed E-state index contributed by atoms with van der Waals surface area (Å²) < 4.78 is 61.8. The molecule has 1 amide bonds. The number of benzene rings is 3. The number of anilines is 2. The van der Waals surface area contributed by atoms with Gasteiger partial charge in [-0.1, -0.05) is 61.5 Å². The number of aromatic nitrogens is 1. The maximum atomic E-state index is 14.7. The van der Waals surface area contributed by atoms with Crippen LogP contribution in [-0.2, 0) is 52.9 Å². The number of pyridine rings is 1. The summed E-state index contributed by atoms with van der Waals surface area (Å²) in [4.78, 5) is 68.2. The molecule has 5 rings (SSSR count). The number of rotatable bonds is 16. The minimum Gasteiger partial charge on any atom is -0.463 e. The van der Waals surface area contributed by atoms with Crippen molar-refractivity contribution in [1.82, 2.24) is 4.98 Å². The Balaban J connectivity index is 1.79. The zero-order valence-electron chi connectivity index (χ0n) is 32.8. The second-order valence-corrected chi connectivity index (χ2v) is 15.9. The number of carbonyl (C=O) groups excluding carboxylic acids is 5. The Morgan fingerprint density at radius 3 is 2.15 bits per heavy atom. The SMILES string of the molecule is CCCCNc1c(Oc2ccccc2)c(S(N)(=O)=O)cc(C(=O)Nc2cccc3cccnc23)c1S[C@@H]1O[C@H](COC(C)=O)[C@@H](OC(C)=O)[C@H](OC(C)=O)[C@H]1OC(C)=O. The molecule has 2 heterocycles. The molecule has 1 fully saturated rings. The summed E-state index contributed by atoms with van der Waals surface area (Å²) in [5.74, 6) is -4.09. The van der Waals surface area contributed by atoms with Gasteiger partial charge in [0.25, 0.3) is 5.91 Å². The van der Waals surface area contributed by atoms with Crippen molar-refractivity contribution in [3.8, 4) is 11.5 Å². The molecule has 17 nitrogen and oxygen atoms in total. The van der Waals surface area contributed by atoms with Crippen LogP contribution in [0.5, 0.6) is 11.5 Å². The molecule has 314 valence electrons. The Hall–Kier alpha value is -5.76. The Morgan fingerprint density at radius 1 is 0.847 bits per heavy atom. The number of unbranched alkanes of at least 4 members (excludes halogenated alkanes) is 1. The molecule has 4 N–H and O–H groups in total. The van der Waals surface area contributed by atoms with E-state index in [4.69, 9.17) is 33.6 Å². The number of thioether (sulfide) groups is 1. The number of primary sulfonamides is 1. The molecule has 3 aromatic carbocycles. The third kappa shape index (κ3) is 11.5. The average Bonchev–Trinajstić information content (AvgIpc) is 3.16. The molecule has 0 radical (unpaired) electrons. The lowest BCUT2D eigenvalue weighted by molar-refractivity contribution is -0.237. The van der Waals surface area contributed by atoms with Crippen molar-refractivity contribution in [3.05, 3.63) is 78.5 Å². The van der Waals surface area contributed by atoms with Crippen LogP contribution >= 0.6 is 11.8 Å². The van der Waals surface area contributed by atoms with E-state index >= 15 is 0 Å². The monoisotopic (exact) mass is 852 g/mol. The smallest absolute Gasteiger partial charge is 0.303 e. The highest BCUT2D eigenvalue weighted by atomic mass is 32.2. The van der Waals surface area contributed by atoms with Gasteiger partial charge in [0.15, 0.2) is 24.1 Å². The van der Waals surface area contributed by atoms with Crippen molar-refractivity contribution in [2.75, 3.05) is 23.8 Å². The Bertz CT molecular complexity index is 2300. The van der Waals surface area contributed by atoms with Gasteiger partial charge in [-0.15, -0.1) is 0 Å². The minimum absolute atomic E-state index is 0.00659. The summed E-state index contributed by atoms with van der Waals surface area (Å²) in [6.45, 7) is 6.11. The summed E-state index contributed by atoms with van der Waals surface area (Å²) in [5, 5.41) is 12.6. The van der Waals surface area contributed by atoms with Crippen molar-refractivity contribution in [2.24, 2.45) is 5.14 Å². The van der Waals surface area contributed by atoms with E-state index in [2.05, 4.69) is 15.6 Å². The number of carbonyl (C=O) groups is 5. The highest BCUT2D eigenvalue weighted by Gasteiger charge is 2.53. The van der Waals surface area contributed by atoms with E-state index in [9.17, 15) is 32.4 Å². The fourth-order valence-corrected chi connectivity index (χ4v) is 8.20. The van der Waals surface area contributed by atoms with E-state index in [1.807, 2.05) is 6.92 Å². The predicted octanol–water partition coefficient (Wildman–Crippen LogP) is 5.31. The van der Waals surface area contributed by atoms with Gasteiger partial charge < -0.3 is 39.1 Å². The van der Waals surface area contributed by atoms with Gasteiger partial charge in [0, 0.05) is 50.7 Å². The second-order valence-electron chi connectivity index (χ2n) is 13.2. The molecule has 0 spiro atoms. The molecular formula is C40H44N4O13S2. The van der Waals surface area contributed by atoms with Crippen LogP contribution in [0, 0.1) is 0 Å². The highest BCUT2D eigenvalue weighted by molar-refractivity contribution is 8.00. The summed E-state index contributed by atoms with van der Waals surface area (Å²) >= 11 is 0.776. The minimum atomic E-state index is -4.63. The maximum Gasteiger partial charge on any atom is 0.303 e. The quantitative estimate of drug-likeness (QED) is 0.0735. The van der Waals surface area contributed by atoms with Crippen molar-refractivity contribution in [2.45, 2.75) is 87.1 Å². The zero-order chi connectivity index (χ0) is 42.9. The first-order valence-corrected chi connectivity index (χ1v) is 20.8. The van der Waals surface area contributed by atoms with Crippen molar-refractivity contribution in [3.63, 3.8) is 0 Å². The first kappa shape index (κ1) is 44.3. The van der Waals surface area contributed by atoms with Crippen molar-refractivity contribution < 1.29 is 60.8 Å². The molecular weight excluding hydrogens is 809 g/mol. The number of nitrogens with zero attached hydrogens (tertiary/aromatic N) is 1. The van der Waals surface area contributed by atoms with E-state index in [0.29, 0.717) is 29.4 Å². The van der Waals surface area contributed by atoms with Gasteiger partial charge >= 0.3 is 23.9 Å². The van der Waals surface area contributed by atoms with Gasteiger partial charge in [-0.2, -0.15) is 0 Å². The topological polar surface area (TPSA) is 238 Å². The number of sulfonamides is 1. The number of esters is 4. The number of fused-ring (bicyclic) bond motifs is 1. The van der Waals surface area contributed by atoms with Crippen LogP contribution in [0.15, 0.2) is 82.7 Å². The van der Waals surface area contributed by atoms with Crippen LogP contribution in [0.3, 0.4) is 0 Å². The molecule has 1 aliphatic heterocycles. The molecule has 1 aromatic heterocycles. The molecule has 5 atom stereocenters. The van der Waals surface area contributed by atoms with Crippen LogP contribution in [-0.4, -0.2) is 86.2 Å². The van der Waals surface area contributed by atoms with Crippen LogP contribution in [0.25, 0.3) is 10.9 Å². The Kier molecular flexibility index (Phi) is 14.9. The summed E-state index contributed by atoms with van der Waals surface area (Å²) in [6.07, 6.45) is -3.02. The fraction of sp³-hybridized carbons (Fsp3) is 0.350. The van der Waals surface area contributed by atoms with E-state index in [-0.39, 0.29) is 34.2 Å². The molecule has 0 aliphatic carbocycles. The summed E-state index contributed by atoms with van der Waals surface area (Å²) in [7, 11) is -4.63. The standard InChI is InChI=1S/C40H44N4O13S2/c1-6-7-18-43-33-35(56-27-15-9-8-10-16-27)31(59(41,50)51)20-28(39(49)44-29-17-11-13-26-14-12-19-42-32(26)29)38(33)58-40-37(55-25(5)48)36(54-24(4)47)34(53-23(3)46)30(57-40)21-52-22(2)45/h8-17,19-20,30,34,36-37,40,43H,6-7,18,21H2,1-5H3,(H,44,49)(H2,41,50,51)/t30-,34-,36+,37-,40+/m1/s1. The normalized spacial score (nSPS) is 18.9. The van der Waals surface area contributed by atoms with Crippen molar-refractivity contribution in [1.29, 1.82) is 0 Å². The maximum absolute atomic E-state index is 14.7. The number of para-hydroxylation sites is 2. The largest absolute Gasteiger partial charge is 0.463 e. The summed E-state index contributed by atoms with van der Waals surface area (Å²) in [5.41, 5.74) is -0.960. The molecule has 0 unspecified atom stereocenters.